The summed E-state index contributed by atoms with van der Waals surface area (Å²) in [7, 11) is 3.22. The molecule has 0 spiro atoms. The van der Waals surface area contributed by atoms with Gasteiger partial charge in [-0.15, -0.1) is 0 Å². The van der Waals surface area contributed by atoms with Gasteiger partial charge in [-0.3, -0.25) is 0 Å². The van der Waals surface area contributed by atoms with E-state index in [2.05, 4.69) is 20.4 Å². The molecule has 3 aromatic rings. The van der Waals surface area contributed by atoms with Gasteiger partial charge in [0.05, 0.1) is 20.8 Å². The number of rotatable bonds is 5. The van der Waals surface area contributed by atoms with Crippen molar-refractivity contribution in [1.82, 2.24) is 15.1 Å². The number of nitrogens with zero attached hydrogens (tertiary/aromatic N) is 3. The van der Waals surface area contributed by atoms with Crippen LogP contribution in [0.3, 0.4) is 0 Å². The topological polar surface area (TPSA) is 82.3 Å². The highest BCUT2D eigenvalue weighted by Gasteiger charge is 2.10. The second kappa shape index (κ2) is 5.66. The Hall–Kier alpha value is -2.83. The van der Waals surface area contributed by atoms with Crippen LogP contribution in [-0.4, -0.2) is 29.3 Å². The summed E-state index contributed by atoms with van der Waals surface area (Å²) in [4.78, 5) is 8.30. The minimum absolute atomic E-state index is 0.428. The van der Waals surface area contributed by atoms with E-state index in [1.165, 1.54) is 6.39 Å². The first-order valence-electron chi connectivity index (χ1n) is 6.31. The molecule has 0 amide bonds. The molecule has 0 aliphatic carbocycles. The molecule has 108 valence electrons. The average molecular weight is 286 g/mol. The Morgan fingerprint density at radius 3 is 2.67 bits per heavy atom. The molecule has 7 nitrogen and oxygen atoms in total. The average Bonchev–Trinajstić information content (AvgIpc) is 3.04. The van der Waals surface area contributed by atoms with Crippen molar-refractivity contribution in [1.29, 1.82) is 0 Å². The van der Waals surface area contributed by atoms with Gasteiger partial charge in [0.2, 0.25) is 6.39 Å². The molecule has 2 aromatic heterocycles. The Bertz CT molecular complexity index is 743. The van der Waals surface area contributed by atoms with Crippen LogP contribution in [0.25, 0.3) is 10.8 Å². The lowest BCUT2D eigenvalue weighted by atomic mass is 10.1. The van der Waals surface area contributed by atoms with Gasteiger partial charge in [0.15, 0.2) is 17.3 Å². The van der Waals surface area contributed by atoms with E-state index in [1.54, 1.807) is 20.4 Å². The Kier molecular flexibility index (Phi) is 3.55. The Labute approximate surface area is 120 Å². The van der Waals surface area contributed by atoms with Crippen LogP contribution in [0.4, 0.5) is 5.82 Å². The van der Waals surface area contributed by atoms with Gasteiger partial charge in [-0.25, -0.2) is 4.98 Å². The van der Waals surface area contributed by atoms with E-state index >= 15 is 0 Å². The van der Waals surface area contributed by atoms with Crippen molar-refractivity contribution in [3.05, 3.63) is 36.6 Å². The summed E-state index contributed by atoms with van der Waals surface area (Å²) >= 11 is 0. The normalized spacial score (nSPS) is 10.6. The number of nitrogens with one attached hydrogen (secondary N) is 1. The molecule has 3 rings (SSSR count). The second-order valence-corrected chi connectivity index (χ2v) is 4.29. The predicted molar refractivity (Wildman–Crippen MR) is 76.5 cm³/mol. The van der Waals surface area contributed by atoms with E-state index < -0.39 is 0 Å². The first-order valence-corrected chi connectivity index (χ1v) is 6.31. The van der Waals surface area contributed by atoms with E-state index in [0.29, 0.717) is 23.9 Å². The Morgan fingerprint density at radius 1 is 1.14 bits per heavy atom. The lowest BCUT2D eigenvalue weighted by Crippen LogP contribution is -2.03. The van der Waals surface area contributed by atoms with Crippen LogP contribution < -0.4 is 14.8 Å². The number of hydrogen-bond acceptors (Lipinski definition) is 7. The first kappa shape index (κ1) is 13.2. The third kappa shape index (κ3) is 2.58. The maximum Gasteiger partial charge on any atom is 0.213 e. The molecule has 0 fully saturated rings. The van der Waals surface area contributed by atoms with Crippen LogP contribution in [0.15, 0.2) is 35.3 Å². The number of hydrogen-bond donors (Lipinski definition) is 1. The van der Waals surface area contributed by atoms with Crippen molar-refractivity contribution >= 4 is 16.6 Å². The molecule has 0 unspecified atom stereocenters. The second-order valence-electron chi connectivity index (χ2n) is 4.29. The molecule has 1 aromatic carbocycles. The van der Waals surface area contributed by atoms with E-state index in [9.17, 15) is 0 Å². The molecular formula is C14H14N4O3. The van der Waals surface area contributed by atoms with Crippen LogP contribution in [-0.2, 0) is 6.54 Å². The highest BCUT2D eigenvalue weighted by Crippen LogP contribution is 2.34. The van der Waals surface area contributed by atoms with Gasteiger partial charge >= 0.3 is 0 Å². The number of ether oxygens (including phenoxy) is 2. The maximum absolute atomic E-state index is 5.33. The van der Waals surface area contributed by atoms with Gasteiger partial charge in [-0.05, 0) is 23.6 Å². The van der Waals surface area contributed by atoms with Crippen molar-refractivity contribution in [2.75, 3.05) is 19.5 Å². The molecule has 1 N–H and O–H groups in total. The van der Waals surface area contributed by atoms with E-state index in [4.69, 9.17) is 14.0 Å². The highest BCUT2D eigenvalue weighted by molar-refractivity contribution is 5.94. The summed E-state index contributed by atoms with van der Waals surface area (Å²) in [5.74, 6) is 2.62. The summed E-state index contributed by atoms with van der Waals surface area (Å²) in [5.41, 5.74) is 0. The summed E-state index contributed by atoms with van der Waals surface area (Å²) in [6.45, 7) is 0.428. The summed E-state index contributed by atoms with van der Waals surface area (Å²) < 4.78 is 15.3. The minimum atomic E-state index is 0.428. The van der Waals surface area contributed by atoms with Crippen molar-refractivity contribution in [3.8, 4) is 11.5 Å². The number of aromatic nitrogens is 3. The SMILES string of the molecule is COc1cc2ccnc(NCc3ncon3)c2cc1OC. The summed E-state index contributed by atoms with van der Waals surface area (Å²) in [5, 5.41) is 8.87. The first-order chi connectivity index (χ1) is 10.3. The largest absolute Gasteiger partial charge is 0.493 e. The third-order valence-electron chi connectivity index (χ3n) is 3.09. The fraction of sp³-hybridized carbons (Fsp3) is 0.214. The molecule has 0 aliphatic heterocycles. The van der Waals surface area contributed by atoms with Gasteiger partial charge in [0.25, 0.3) is 0 Å². The third-order valence-corrected chi connectivity index (χ3v) is 3.09. The van der Waals surface area contributed by atoms with E-state index in [0.717, 1.165) is 16.6 Å². The van der Waals surface area contributed by atoms with Crippen LogP contribution >= 0.6 is 0 Å². The van der Waals surface area contributed by atoms with E-state index in [-0.39, 0.29) is 0 Å². The zero-order valence-electron chi connectivity index (χ0n) is 11.7. The van der Waals surface area contributed by atoms with Crippen LogP contribution in [0, 0.1) is 0 Å². The molecule has 0 atom stereocenters. The molecule has 0 saturated heterocycles. The zero-order valence-corrected chi connectivity index (χ0v) is 11.7. The van der Waals surface area contributed by atoms with Gasteiger partial charge in [0.1, 0.15) is 5.82 Å². The van der Waals surface area contributed by atoms with Gasteiger partial charge in [-0.2, -0.15) is 4.98 Å². The van der Waals surface area contributed by atoms with Gasteiger partial charge in [-0.1, -0.05) is 5.16 Å². The van der Waals surface area contributed by atoms with E-state index in [1.807, 2.05) is 18.2 Å². The molecule has 0 radical (unpaired) electrons. The predicted octanol–water partition coefficient (Wildman–Crippen LogP) is 2.25. The molecule has 0 saturated carbocycles. The molecule has 7 heteroatoms. The number of pyridine rings is 1. The van der Waals surface area contributed by atoms with Crippen LogP contribution in [0.5, 0.6) is 11.5 Å². The lowest BCUT2D eigenvalue weighted by molar-refractivity contribution is 0.356. The van der Waals surface area contributed by atoms with Crippen molar-refractivity contribution < 1.29 is 14.0 Å². The number of anilines is 1. The number of methoxy groups -OCH3 is 2. The monoisotopic (exact) mass is 286 g/mol. The zero-order chi connectivity index (χ0) is 14.7. The number of fused-ring (bicyclic) bond motifs is 1. The molecule has 0 aliphatic rings. The van der Waals surface area contributed by atoms with Crippen LogP contribution in [0.2, 0.25) is 0 Å². The fourth-order valence-corrected chi connectivity index (χ4v) is 2.07. The number of benzene rings is 1. The standard InChI is InChI=1S/C14H14N4O3/c1-19-11-5-9-3-4-15-14(10(9)6-12(11)20-2)16-7-13-17-8-21-18-13/h3-6,8H,7H2,1-2H3,(H,15,16). The van der Waals surface area contributed by atoms with Crippen molar-refractivity contribution in [2.24, 2.45) is 0 Å². The molecule has 21 heavy (non-hydrogen) atoms. The van der Waals surface area contributed by atoms with Crippen molar-refractivity contribution in [3.63, 3.8) is 0 Å². The highest BCUT2D eigenvalue weighted by atomic mass is 16.5. The maximum atomic E-state index is 5.33. The van der Waals surface area contributed by atoms with Gasteiger partial charge < -0.3 is 19.3 Å². The fourth-order valence-electron chi connectivity index (χ4n) is 2.07. The summed E-state index contributed by atoms with van der Waals surface area (Å²) in [6.07, 6.45) is 3.02. The Balaban J connectivity index is 1.98. The van der Waals surface area contributed by atoms with Crippen LogP contribution in [0.1, 0.15) is 5.82 Å². The van der Waals surface area contributed by atoms with Gasteiger partial charge in [0, 0.05) is 11.6 Å². The smallest absolute Gasteiger partial charge is 0.213 e. The Morgan fingerprint density at radius 2 is 1.95 bits per heavy atom. The molecular weight excluding hydrogens is 272 g/mol. The minimum Gasteiger partial charge on any atom is -0.493 e. The summed E-state index contributed by atoms with van der Waals surface area (Å²) in [6, 6.07) is 5.71. The molecule has 2 heterocycles. The lowest BCUT2D eigenvalue weighted by Gasteiger charge is -2.11. The molecule has 0 bridgehead atoms. The quantitative estimate of drug-likeness (QED) is 0.770. The van der Waals surface area contributed by atoms with Crippen molar-refractivity contribution in [2.45, 2.75) is 6.54 Å².